The summed E-state index contributed by atoms with van der Waals surface area (Å²) >= 11 is 0. The van der Waals surface area contributed by atoms with Crippen molar-refractivity contribution in [2.75, 3.05) is 47.0 Å². The third-order valence-corrected chi connectivity index (χ3v) is 5.55. The van der Waals surface area contributed by atoms with Crippen molar-refractivity contribution >= 4 is 12.0 Å². The van der Waals surface area contributed by atoms with Gasteiger partial charge in [0.15, 0.2) is 11.5 Å². The number of rotatable bonds is 6. The second-order valence-electron chi connectivity index (χ2n) is 7.46. The van der Waals surface area contributed by atoms with Gasteiger partial charge < -0.3 is 24.4 Å². The molecular weight excluding hydrogens is 374 g/mol. The summed E-state index contributed by atoms with van der Waals surface area (Å²) < 4.78 is 15.8. The van der Waals surface area contributed by atoms with Crippen LogP contribution in [0.2, 0.25) is 0 Å². The fourth-order valence-electron chi connectivity index (χ4n) is 3.97. The van der Waals surface area contributed by atoms with Gasteiger partial charge in [0, 0.05) is 32.2 Å². The highest BCUT2D eigenvalue weighted by atomic mass is 16.6. The first-order valence-corrected chi connectivity index (χ1v) is 10.2. The number of carbonyl (C=O) groups is 2. The summed E-state index contributed by atoms with van der Waals surface area (Å²) in [6, 6.07) is 4.14. The zero-order valence-electron chi connectivity index (χ0n) is 17.5. The number of piperidine rings is 1. The molecule has 3 rings (SSSR count). The van der Waals surface area contributed by atoms with E-state index in [1.54, 1.807) is 26.0 Å². The van der Waals surface area contributed by atoms with Crippen molar-refractivity contribution in [3.05, 3.63) is 23.3 Å². The van der Waals surface area contributed by atoms with Gasteiger partial charge in [0.05, 0.1) is 27.4 Å². The van der Waals surface area contributed by atoms with Crippen LogP contribution < -0.4 is 14.8 Å². The molecule has 0 radical (unpaired) electrons. The lowest BCUT2D eigenvalue weighted by molar-refractivity contribution is -0.123. The zero-order valence-corrected chi connectivity index (χ0v) is 17.5. The summed E-state index contributed by atoms with van der Waals surface area (Å²) in [5.74, 6) is 1.49. The van der Waals surface area contributed by atoms with Crippen molar-refractivity contribution in [3.8, 4) is 11.5 Å². The molecule has 1 saturated heterocycles. The van der Waals surface area contributed by atoms with Crippen LogP contribution in [-0.2, 0) is 22.5 Å². The predicted molar refractivity (Wildman–Crippen MR) is 108 cm³/mol. The smallest absolute Gasteiger partial charge is 0.409 e. The van der Waals surface area contributed by atoms with Gasteiger partial charge in [-0.25, -0.2) is 4.79 Å². The maximum absolute atomic E-state index is 12.5. The minimum absolute atomic E-state index is 0.0310. The SMILES string of the molecule is CCOC(=O)N1CCC(NC(=O)CN2CCc3cc(OC)c(OC)cc3C2)CC1. The van der Waals surface area contributed by atoms with Crippen LogP contribution >= 0.6 is 0 Å². The number of benzene rings is 1. The molecule has 0 unspecified atom stereocenters. The Morgan fingerprint density at radius 1 is 1.07 bits per heavy atom. The third kappa shape index (κ3) is 5.32. The number of carbonyl (C=O) groups excluding carboxylic acids is 2. The molecule has 1 fully saturated rings. The molecule has 2 heterocycles. The van der Waals surface area contributed by atoms with Gasteiger partial charge in [0.2, 0.25) is 5.91 Å². The predicted octanol–water partition coefficient (Wildman–Crippen LogP) is 1.80. The third-order valence-electron chi connectivity index (χ3n) is 5.55. The highest BCUT2D eigenvalue weighted by molar-refractivity contribution is 5.78. The molecule has 0 aliphatic carbocycles. The first kappa shape index (κ1) is 21.2. The van der Waals surface area contributed by atoms with Crippen LogP contribution in [0.1, 0.15) is 30.9 Å². The first-order chi connectivity index (χ1) is 14.0. The molecule has 0 aromatic heterocycles. The molecule has 1 aromatic rings. The van der Waals surface area contributed by atoms with E-state index in [-0.39, 0.29) is 18.0 Å². The average Bonchev–Trinajstić information content (AvgIpc) is 2.73. The van der Waals surface area contributed by atoms with E-state index in [0.29, 0.717) is 38.5 Å². The van der Waals surface area contributed by atoms with Crippen molar-refractivity contribution in [2.45, 2.75) is 38.8 Å². The molecule has 29 heavy (non-hydrogen) atoms. The Morgan fingerprint density at radius 2 is 1.72 bits per heavy atom. The van der Waals surface area contributed by atoms with Crippen LogP contribution in [-0.4, -0.2) is 74.8 Å². The molecule has 0 spiro atoms. The molecule has 0 bridgehead atoms. The van der Waals surface area contributed by atoms with Crippen molar-refractivity contribution in [3.63, 3.8) is 0 Å². The number of ether oxygens (including phenoxy) is 3. The average molecular weight is 405 g/mol. The van der Waals surface area contributed by atoms with Crippen LogP contribution in [0.25, 0.3) is 0 Å². The summed E-state index contributed by atoms with van der Waals surface area (Å²) in [6.45, 7) is 5.32. The number of nitrogens with one attached hydrogen (secondary N) is 1. The second-order valence-corrected chi connectivity index (χ2v) is 7.46. The van der Waals surface area contributed by atoms with Crippen molar-refractivity contribution < 1.29 is 23.8 Å². The van der Waals surface area contributed by atoms with Crippen molar-refractivity contribution in [1.29, 1.82) is 0 Å². The van der Waals surface area contributed by atoms with Gasteiger partial charge in [0.25, 0.3) is 0 Å². The van der Waals surface area contributed by atoms with Gasteiger partial charge in [-0.3, -0.25) is 9.69 Å². The Morgan fingerprint density at radius 3 is 2.34 bits per heavy atom. The fraction of sp³-hybridized carbons (Fsp3) is 0.619. The van der Waals surface area contributed by atoms with E-state index in [4.69, 9.17) is 14.2 Å². The molecule has 0 atom stereocenters. The van der Waals surface area contributed by atoms with E-state index in [1.807, 2.05) is 12.1 Å². The Balaban J connectivity index is 1.48. The van der Waals surface area contributed by atoms with Crippen LogP contribution in [0.3, 0.4) is 0 Å². The Labute approximate surface area is 172 Å². The molecule has 8 heteroatoms. The van der Waals surface area contributed by atoms with E-state index in [9.17, 15) is 9.59 Å². The number of methoxy groups -OCH3 is 2. The monoisotopic (exact) mass is 405 g/mol. The van der Waals surface area contributed by atoms with E-state index < -0.39 is 0 Å². The van der Waals surface area contributed by atoms with Gasteiger partial charge in [-0.2, -0.15) is 0 Å². The summed E-state index contributed by atoms with van der Waals surface area (Å²) in [5, 5.41) is 3.12. The summed E-state index contributed by atoms with van der Waals surface area (Å²) in [6.07, 6.45) is 2.12. The zero-order chi connectivity index (χ0) is 20.8. The Kier molecular flexibility index (Phi) is 7.19. The Hall–Kier alpha value is -2.48. The molecule has 160 valence electrons. The molecule has 8 nitrogen and oxygen atoms in total. The molecule has 1 aromatic carbocycles. The molecule has 2 aliphatic heterocycles. The Bertz CT molecular complexity index is 731. The van der Waals surface area contributed by atoms with Crippen LogP contribution in [0.5, 0.6) is 11.5 Å². The van der Waals surface area contributed by atoms with Crippen LogP contribution in [0, 0.1) is 0 Å². The van der Waals surface area contributed by atoms with Gasteiger partial charge in [-0.1, -0.05) is 0 Å². The second kappa shape index (κ2) is 9.82. The minimum atomic E-state index is -0.267. The van der Waals surface area contributed by atoms with E-state index in [2.05, 4.69) is 10.2 Å². The van der Waals surface area contributed by atoms with Crippen molar-refractivity contribution in [1.82, 2.24) is 15.1 Å². The number of nitrogens with zero attached hydrogens (tertiary/aromatic N) is 2. The summed E-state index contributed by atoms with van der Waals surface area (Å²) in [5.41, 5.74) is 2.41. The molecule has 1 N–H and O–H groups in total. The van der Waals surface area contributed by atoms with Crippen LogP contribution in [0.4, 0.5) is 4.79 Å². The lowest BCUT2D eigenvalue weighted by atomic mass is 9.98. The normalized spacial score (nSPS) is 17.4. The standard InChI is InChI=1S/C21H31N3O5/c1-4-29-21(26)24-9-6-17(7-10-24)22-20(25)14-23-8-5-15-11-18(27-2)19(28-3)12-16(15)13-23/h11-12,17H,4-10,13-14H2,1-3H3,(H,22,25). The topological polar surface area (TPSA) is 80.3 Å². The lowest BCUT2D eigenvalue weighted by Gasteiger charge is -2.33. The largest absolute Gasteiger partial charge is 0.493 e. The van der Waals surface area contributed by atoms with Gasteiger partial charge in [-0.15, -0.1) is 0 Å². The van der Waals surface area contributed by atoms with Crippen molar-refractivity contribution in [2.24, 2.45) is 0 Å². The highest BCUT2D eigenvalue weighted by Crippen LogP contribution is 2.33. The number of amides is 2. The van der Waals surface area contributed by atoms with E-state index in [0.717, 1.165) is 31.6 Å². The maximum atomic E-state index is 12.5. The first-order valence-electron chi connectivity index (χ1n) is 10.2. The molecular formula is C21H31N3O5. The quantitative estimate of drug-likeness (QED) is 0.777. The van der Waals surface area contributed by atoms with Gasteiger partial charge in [0.1, 0.15) is 0 Å². The number of likely N-dealkylation sites (tertiary alicyclic amines) is 1. The fourth-order valence-corrected chi connectivity index (χ4v) is 3.97. The van der Waals surface area contributed by atoms with E-state index >= 15 is 0 Å². The van der Waals surface area contributed by atoms with Gasteiger partial charge in [-0.05, 0) is 49.4 Å². The minimum Gasteiger partial charge on any atom is -0.493 e. The van der Waals surface area contributed by atoms with Crippen LogP contribution in [0.15, 0.2) is 12.1 Å². The molecule has 2 aliphatic rings. The maximum Gasteiger partial charge on any atom is 0.409 e. The summed E-state index contributed by atoms with van der Waals surface area (Å²) in [7, 11) is 3.27. The molecule has 2 amide bonds. The summed E-state index contributed by atoms with van der Waals surface area (Å²) in [4.78, 5) is 28.2. The highest BCUT2D eigenvalue weighted by Gasteiger charge is 2.26. The van der Waals surface area contributed by atoms with Gasteiger partial charge >= 0.3 is 6.09 Å². The van der Waals surface area contributed by atoms with E-state index in [1.165, 1.54) is 11.1 Å². The number of hydrogen-bond acceptors (Lipinski definition) is 6. The lowest BCUT2D eigenvalue weighted by Crippen LogP contribution is -2.49. The number of fused-ring (bicyclic) bond motifs is 1. The number of hydrogen-bond donors (Lipinski definition) is 1. The molecule has 0 saturated carbocycles.